The number of rotatable bonds is 10. The molecule has 0 radical (unpaired) electrons. The van der Waals surface area contributed by atoms with Gasteiger partial charge >= 0.3 is 6.09 Å². The first kappa shape index (κ1) is 31.2. The van der Waals surface area contributed by atoms with Gasteiger partial charge in [-0.1, -0.05) is 60.7 Å². The molecule has 9 nitrogen and oxygen atoms in total. The fourth-order valence-corrected chi connectivity index (χ4v) is 6.05. The predicted octanol–water partition coefficient (Wildman–Crippen LogP) is 4.84. The molecule has 3 aromatic rings. The SMILES string of the molecule is CN(CCN1CCC(OC(=O)Nc2ccccc2-c2ccccc2)CC1)C(=O)c1cccc(CN2CCC(C(N)=O)CC2)c1. The average molecular weight is 598 g/mol. The van der Waals surface area contributed by atoms with Crippen LogP contribution in [0.3, 0.4) is 0 Å². The van der Waals surface area contributed by atoms with Crippen molar-refractivity contribution >= 4 is 23.6 Å². The van der Waals surface area contributed by atoms with Gasteiger partial charge in [0.25, 0.3) is 5.91 Å². The average Bonchev–Trinajstić information content (AvgIpc) is 3.05. The van der Waals surface area contributed by atoms with Crippen LogP contribution in [-0.2, 0) is 16.1 Å². The fourth-order valence-electron chi connectivity index (χ4n) is 6.05. The lowest BCUT2D eigenvalue weighted by Crippen LogP contribution is -2.42. The van der Waals surface area contributed by atoms with Crippen LogP contribution >= 0.6 is 0 Å². The minimum Gasteiger partial charge on any atom is -0.446 e. The van der Waals surface area contributed by atoms with E-state index in [1.54, 1.807) is 4.90 Å². The van der Waals surface area contributed by atoms with Crippen LogP contribution in [0.2, 0.25) is 0 Å². The molecule has 0 bridgehead atoms. The highest BCUT2D eigenvalue weighted by Crippen LogP contribution is 2.28. The number of para-hydroxylation sites is 1. The maximum atomic E-state index is 13.2. The number of amides is 3. The molecule has 232 valence electrons. The van der Waals surface area contributed by atoms with E-state index in [2.05, 4.69) is 15.1 Å². The summed E-state index contributed by atoms with van der Waals surface area (Å²) in [5.74, 6) is -0.231. The first-order valence-corrected chi connectivity index (χ1v) is 15.6. The number of nitrogens with zero attached hydrogens (tertiary/aromatic N) is 3. The molecule has 3 N–H and O–H groups in total. The molecule has 2 aliphatic heterocycles. The van der Waals surface area contributed by atoms with Crippen LogP contribution in [-0.4, -0.2) is 85.0 Å². The van der Waals surface area contributed by atoms with Crippen molar-refractivity contribution < 1.29 is 19.1 Å². The van der Waals surface area contributed by atoms with E-state index in [0.717, 1.165) is 87.3 Å². The van der Waals surface area contributed by atoms with Gasteiger partial charge in [-0.2, -0.15) is 0 Å². The van der Waals surface area contributed by atoms with Crippen LogP contribution in [0.15, 0.2) is 78.9 Å². The number of hydrogen-bond acceptors (Lipinski definition) is 6. The second-order valence-electron chi connectivity index (χ2n) is 11.9. The summed E-state index contributed by atoms with van der Waals surface area (Å²) in [6.07, 6.45) is 2.51. The van der Waals surface area contributed by atoms with Gasteiger partial charge in [-0.3, -0.25) is 19.8 Å². The van der Waals surface area contributed by atoms with Crippen molar-refractivity contribution in [3.63, 3.8) is 0 Å². The highest BCUT2D eigenvalue weighted by molar-refractivity contribution is 5.94. The van der Waals surface area contributed by atoms with Crippen molar-refractivity contribution in [3.05, 3.63) is 90.0 Å². The Morgan fingerprint density at radius 1 is 0.864 bits per heavy atom. The third-order valence-corrected chi connectivity index (χ3v) is 8.73. The van der Waals surface area contributed by atoms with Gasteiger partial charge in [0, 0.05) is 56.8 Å². The zero-order valence-electron chi connectivity index (χ0n) is 25.5. The fraction of sp³-hybridized carbons (Fsp3) is 0.400. The lowest BCUT2D eigenvalue weighted by atomic mass is 9.96. The van der Waals surface area contributed by atoms with Crippen LogP contribution in [0.25, 0.3) is 11.1 Å². The Balaban J connectivity index is 1.03. The van der Waals surface area contributed by atoms with Gasteiger partial charge in [-0.15, -0.1) is 0 Å². The number of hydrogen-bond donors (Lipinski definition) is 2. The van der Waals surface area contributed by atoms with Gasteiger partial charge in [-0.05, 0) is 68.1 Å². The molecule has 9 heteroatoms. The zero-order chi connectivity index (χ0) is 30.9. The summed E-state index contributed by atoms with van der Waals surface area (Å²) < 4.78 is 5.77. The van der Waals surface area contributed by atoms with Crippen molar-refractivity contribution in [3.8, 4) is 11.1 Å². The van der Waals surface area contributed by atoms with Crippen molar-refractivity contribution in [1.82, 2.24) is 14.7 Å². The Hall–Kier alpha value is -4.21. The number of primary amides is 1. The van der Waals surface area contributed by atoms with Crippen molar-refractivity contribution in [2.45, 2.75) is 38.3 Å². The number of piperidine rings is 2. The highest BCUT2D eigenvalue weighted by atomic mass is 16.6. The Kier molecular flexibility index (Phi) is 10.6. The summed E-state index contributed by atoms with van der Waals surface area (Å²) >= 11 is 0. The molecule has 5 rings (SSSR count). The van der Waals surface area contributed by atoms with E-state index < -0.39 is 6.09 Å². The highest BCUT2D eigenvalue weighted by Gasteiger charge is 2.25. The third-order valence-electron chi connectivity index (χ3n) is 8.73. The number of carbonyl (C=O) groups excluding carboxylic acids is 3. The first-order chi connectivity index (χ1) is 21.4. The van der Waals surface area contributed by atoms with Crippen LogP contribution in [0, 0.1) is 5.92 Å². The number of benzene rings is 3. The van der Waals surface area contributed by atoms with Crippen LogP contribution in [0.4, 0.5) is 10.5 Å². The Morgan fingerprint density at radius 3 is 2.27 bits per heavy atom. The molecule has 2 heterocycles. The van der Waals surface area contributed by atoms with Crippen LogP contribution in [0.1, 0.15) is 41.6 Å². The number of likely N-dealkylation sites (tertiary alicyclic amines) is 2. The van der Waals surface area contributed by atoms with Gasteiger partial charge in [0.2, 0.25) is 5.91 Å². The second-order valence-corrected chi connectivity index (χ2v) is 11.9. The number of ether oxygens (including phenoxy) is 1. The first-order valence-electron chi connectivity index (χ1n) is 15.6. The topological polar surface area (TPSA) is 108 Å². The van der Waals surface area contributed by atoms with Gasteiger partial charge in [0.05, 0.1) is 5.69 Å². The van der Waals surface area contributed by atoms with Gasteiger partial charge in [0.1, 0.15) is 6.10 Å². The van der Waals surface area contributed by atoms with Gasteiger partial charge in [0.15, 0.2) is 0 Å². The monoisotopic (exact) mass is 597 g/mol. The zero-order valence-corrected chi connectivity index (χ0v) is 25.5. The molecular formula is C35H43N5O4. The number of nitrogens with two attached hydrogens (primary N) is 1. The molecule has 2 fully saturated rings. The quantitative estimate of drug-likeness (QED) is 0.347. The minimum atomic E-state index is -0.436. The summed E-state index contributed by atoms with van der Waals surface area (Å²) in [4.78, 5) is 43.8. The largest absolute Gasteiger partial charge is 0.446 e. The predicted molar refractivity (Wildman–Crippen MR) is 172 cm³/mol. The van der Waals surface area contributed by atoms with Crippen molar-refractivity contribution in [2.24, 2.45) is 11.7 Å². The Labute approximate surface area is 260 Å². The Bertz CT molecular complexity index is 1420. The lowest BCUT2D eigenvalue weighted by molar-refractivity contribution is -0.123. The maximum absolute atomic E-state index is 13.2. The number of nitrogens with one attached hydrogen (secondary N) is 1. The van der Waals surface area contributed by atoms with E-state index >= 15 is 0 Å². The van der Waals surface area contributed by atoms with E-state index in [1.807, 2.05) is 85.9 Å². The normalized spacial score (nSPS) is 16.8. The van der Waals surface area contributed by atoms with Gasteiger partial charge in [-0.25, -0.2) is 4.79 Å². The van der Waals surface area contributed by atoms with Gasteiger partial charge < -0.3 is 20.3 Å². The smallest absolute Gasteiger partial charge is 0.411 e. The minimum absolute atomic E-state index is 0.00459. The molecule has 0 atom stereocenters. The molecule has 0 spiro atoms. The van der Waals surface area contributed by atoms with E-state index in [-0.39, 0.29) is 23.8 Å². The molecule has 3 amide bonds. The molecule has 2 aliphatic rings. The van der Waals surface area contributed by atoms with Crippen LogP contribution in [0.5, 0.6) is 0 Å². The summed E-state index contributed by atoms with van der Waals surface area (Å²) in [6.45, 7) is 5.42. The van der Waals surface area contributed by atoms with Crippen molar-refractivity contribution in [2.75, 3.05) is 51.6 Å². The van der Waals surface area contributed by atoms with E-state index in [4.69, 9.17) is 10.5 Å². The molecule has 44 heavy (non-hydrogen) atoms. The van der Waals surface area contributed by atoms with E-state index in [0.29, 0.717) is 12.1 Å². The number of anilines is 1. The standard InChI is InChI=1S/C35H43N5O4/c1-38(34(42)29-11-7-8-26(24-29)25-40-18-14-28(15-19-40)33(36)41)22-23-39-20-16-30(17-21-39)44-35(43)37-32-13-6-5-12-31(32)27-9-3-2-4-10-27/h2-13,24,28,30H,14-23,25H2,1H3,(H2,36,41)(H,37,43). The molecular weight excluding hydrogens is 554 g/mol. The lowest BCUT2D eigenvalue weighted by Gasteiger charge is -2.32. The maximum Gasteiger partial charge on any atom is 0.411 e. The third kappa shape index (κ3) is 8.45. The second kappa shape index (κ2) is 15.0. The molecule has 3 aromatic carbocycles. The molecule has 0 aromatic heterocycles. The summed E-state index contributed by atoms with van der Waals surface area (Å²) in [5.41, 5.74) is 9.95. The summed E-state index contributed by atoms with van der Waals surface area (Å²) in [5, 5.41) is 2.93. The number of carbonyl (C=O) groups is 3. The van der Waals surface area contributed by atoms with E-state index in [1.165, 1.54) is 0 Å². The molecule has 2 saturated heterocycles. The van der Waals surface area contributed by atoms with Crippen molar-refractivity contribution in [1.29, 1.82) is 0 Å². The van der Waals surface area contributed by atoms with E-state index in [9.17, 15) is 14.4 Å². The molecule has 0 aliphatic carbocycles. The number of likely N-dealkylation sites (N-methyl/N-ethyl adjacent to an activating group) is 1. The summed E-state index contributed by atoms with van der Waals surface area (Å²) in [6, 6.07) is 25.5. The molecule has 0 unspecified atom stereocenters. The van der Waals surface area contributed by atoms with Crippen LogP contribution < -0.4 is 11.1 Å². The Morgan fingerprint density at radius 2 is 1.55 bits per heavy atom. The molecule has 0 saturated carbocycles. The summed E-state index contributed by atoms with van der Waals surface area (Å²) in [7, 11) is 1.84.